The summed E-state index contributed by atoms with van der Waals surface area (Å²) in [5.74, 6) is 0. The van der Waals surface area contributed by atoms with E-state index in [4.69, 9.17) is 5.11 Å². The van der Waals surface area contributed by atoms with Crippen LogP contribution in [0.3, 0.4) is 0 Å². The van der Waals surface area contributed by atoms with Crippen LogP contribution in [0.4, 0.5) is 0 Å². The molecule has 0 spiro atoms. The molecule has 0 atom stereocenters. The van der Waals surface area contributed by atoms with E-state index in [1.807, 2.05) is 0 Å². The molecule has 0 fully saturated rings. The van der Waals surface area contributed by atoms with Crippen molar-refractivity contribution in [3.8, 4) is 0 Å². The van der Waals surface area contributed by atoms with Gasteiger partial charge in [-0.2, -0.15) is 0 Å². The Labute approximate surface area is 67.9 Å². The first-order chi connectivity index (χ1) is 1.00. The van der Waals surface area contributed by atoms with E-state index in [1.165, 1.54) is 0 Å². The minimum Gasteiger partial charge on any atom is -0.412 e. The van der Waals surface area contributed by atoms with Gasteiger partial charge in [-0.05, 0) is 0 Å². The standard InChI is InChI=1S/CH4O.K.H2O/c1-2;;/h2H,1H3;;1H2. The van der Waals surface area contributed by atoms with Crippen LogP contribution in [0.2, 0.25) is 0 Å². The third kappa shape index (κ3) is 9.59. The Bertz CT molecular complexity index is 6.00. The molecule has 0 aromatic carbocycles. The molecule has 0 aliphatic heterocycles. The van der Waals surface area contributed by atoms with Gasteiger partial charge in [0, 0.05) is 58.5 Å². The molecule has 0 aromatic heterocycles. The van der Waals surface area contributed by atoms with E-state index >= 15 is 0 Å². The van der Waals surface area contributed by atoms with Crippen LogP contribution in [0, 0.1) is 0 Å². The maximum Gasteiger partial charge on any atom is 0.0319 e. The van der Waals surface area contributed by atoms with Gasteiger partial charge in [0.15, 0.2) is 0 Å². The maximum absolute atomic E-state index is 7.00. The summed E-state index contributed by atoms with van der Waals surface area (Å²) >= 11 is 0. The number of aliphatic hydroxyl groups excluding tert-OH is 1. The van der Waals surface area contributed by atoms with Gasteiger partial charge in [-0.1, -0.05) is 0 Å². The molecule has 0 heterocycles. The first-order valence-corrected chi connectivity index (χ1v) is 0.447. The number of aliphatic hydroxyl groups is 1. The predicted octanol–water partition coefficient (Wildman–Crippen LogP) is -1.60. The van der Waals surface area contributed by atoms with Gasteiger partial charge in [0.25, 0.3) is 0 Å². The zero-order chi connectivity index (χ0) is 2.00. The van der Waals surface area contributed by atoms with E-state index < -0.39 is 0 Å². The SMILES string of the molecule is CO.O.[K]. The number of hydrogen-bond donors (Lipinski definition) is 1. The van der Waals surface area contributed by atoms with E-state index in [9.17, 15) is 0 Å². The van der Waals surface area contributed by atoms with Crippen LogP contribution in [0.25, 0.3) is 0 Å². The Morgan fingerprint density at radius 3 is 1.25 bits per heavy atom. The van der Waals surface area contributed by atoms with E-state index in [0.29, 0.717) is 0 Å². The zero-order valence-corrected chi connectivity index (χ0v) is 6.07. The summed E-state index contributed by atoms with van der Waals surface area (Å²) in [5.41, 5.74) is 0. The van der Waals surface area contributed by atoms with E-state index in [0.717, 1.165) is 7.11 Å². The topological polar surface area (TPSA) is 51.7 Å². The van der Waals surface area contributed by atoms with Crippen molar-refractivity contribution >= 4 is 51.4 Å². The van der Waals surface area contributed by atoms with Crippen LogP contribution in [0.5, 0.6) is 0 Å². The van der Waals surface area contributed by atoms with Crippen molar-refractivity contribution in [1.82, 2.24) is 0 Å². The van der Waals surface area contributed by atoms with Gasteiger partial charge >= 0.3 is 0 Å². The first kappa shape index (κ1) is 17.7. The molecule has 3 heteroatoms. The van der Waals surface area contributed by atoms with E-state index in [2.05, 4.69) is 0 Å². The summed E-state index contributed by atoms with van der Waals surface area (Å²) in [6, 6.07) is 0. The average Bonchev–Trinajstić information content (AvgIpc) is 1.00. The Balaban J connectivity index is -0.00000000500. The number of hydrogen-bond acceptors (Lipinski definition) is 1. The fourth-order valence-electron chi connectivity index (χ4n) is 0. The van der Waals surface area contributed by atoms with E-state index in [1.54, 1.807) is 0 Å². The third-order valence-corrected chi connectivity index (χ3v) is 0. The summed E-state index contributed by atoms with van der Waals surface area (Å²) in [7, 11) is 1.00. The van der Waals surface area contributed by atoms with Crippen molar-refractivity contribution in [3.63, 3.8) is 0 Å². The molecule has 0 rings (SSSR count). The molecule has 0 saturated heterocycles. The Morgan fingerprint density at radius 2 is 1.25 bits per heavy atom. The van der Waals surface area contributed by atoms with Gasteiger partial charge in [-0.3, -0.25) is 0 Å². The van der Waals surface area contributed by atoms with Crippen LogP contribution in [-0.2, 0) is 0 Å². The molecule has 0 saturated carbocycles. The van der Waals surface area contributed by atoms with Crippen LogP contribution in [-0.4, -0.2) is 69.1 Å². The summed E-state index contributed by atoms with van der Waals surface area (Å²) in [6.45, 7) is 0. The van der Waals surface area contributed by atoms with Gasteiger partial charge in [0.1, 0.15) is 0 Å². The smallest absolute Gasteiger partial charge is 0.0319 e. The molecule has 0 amide bonds. The molecule has 0 aliphatic carbocycles. The second-order valence-corrected chi connectivity index (χ2v) is 0. The van der Waals surface area contributed by atoms with Crippen LogP contribution in [0.15, 0.2) is 0 Å². The minimum atomic E-state index is 0. The fraction of sp³-hybridized carbons (Fsp3) is 1.00. The molecule has 0 aromatic rings. The van der Waals surface area contributed by atoms with Crippen LogP contribution >= 0.6 is 0 Å². The Hall–Kier alpha value is 1.56. The van der Waals surface area contributed by atoms with Crippen LogP contribution in [0.1, 0.15) is 0 Å². The third-order valence-electron chi connectivity index (χ3n) is 0. The van der Waals surface area contributed by atoms with Gasteiger partial charge in [0.2, 0.25) is 0 Å². The Morgan fingerprint density at radius 1 is 1.25 bits per heavy atom. The normalized spacial score (nSPS) is 1.50. The number of rotatable bonds is 0. The second kappa shape index (κ2) is 23.8. The molecule has 2 nitrogen and oxygen atoms in total. The second-order valence-electron chi connectivity index (χ2n) is 0. The maximum atomic E-state index is 7.00. The minimum absolute atomic E-state index is 0. The quantitative estimate of drug-likeness (QED) is 0.357. The van der Waals surface area contributed by atoms with Crippen molar-refractivity contribution in [2.24, 2.45) is 0 Å². The van der Waals surface area contributed by atoms with Crippen molar-refractivity contribution < 1.29 is 10.6 Å². The predicted molar refractivity (Wildman–Crippen MR) is 17.5 cm³/mol. The first-order valence-electron chi connectivity index (χ1n) is 0.447. The molecule has 3 N–H and O–H groups in total. The van der Waals surface area contributed by atoms with Gasteiger partial charge in [0.05, 0.1) is 0 Å². The van der Waals surface area contributed by atoms with Crippen molar-refractivity contribution in [2.45, 2.75) is 0 Å². The van der Waals surface area contributed by atoms with Crippen molar-refractivity contribution in [1.29, 1.82) is 0 Å². The van der Waals surface area contributed by atoms with Gasteiger partial charge in [-0.15, -0.1) is 0 Å². The summed E-state index contributed by atoms with van der Waals surface area (Å²) in [4.78, 5) is 0. The molecule has 1 radical (unpaired) electrons. The molecule has 0 aliphatic rings. The largest absolute Gasteiger partial charge is 0.412 e. The molecule has 4 heavy (non-hydrogen) atoms. The summed E-state index contributed by atoms with van der Waals surface area (Å²) in [5, 5.41) is 7.00. The molecular formula is CH6KO2. The molecule has 23 valence electrons. The zero-order valence-electron chi connectivity index (χ0n) is 2.95. The average molecular weight is 89.2 g/mol. The summed E-state index contributed by atoms with van der Waals surface area (Å²) < 4.78 is 0. The molecular weight excluding hydrogens is 83.1 g/mol. The van der Waals surface area contributed by atoms with Gasteiger partial charge < -0.3 is 10.6 Å². The van der Waals surface area contributed by atoms with Crippen molar-refractivity contribution in [2.75, 3.05) is 7.11 Å². The molecule has 0 bridgehead atoms. The fourth-order valence-corrected chi connectivity index (χ4v) is 0. The Kier molecular flexibility index (Phi) is 105. The summed E-state index contributed by atoms with van der Waals surface area (Å²) in [6.07, 6.45) is 0. The van der Waals surface area contributed by atoms with Crippen molar-refractivity contribution in [3.05, 3.63) is 0 Å². The van der Waals surface area contributed by atoms with Gasteiger partial charge in [-0.25, -0.2) is 0 Å². The monoisotopic (exact) mass is 89.0 g/mol. The van der Waals surface area contributed by atoms with E-state index in [-0.39, 0.29) is 56.9 Å². The van der Waals surface area contributed by atoms with Crippen LogP contribution < -0.4 is 0 Å². The molecule has 0 unspecified atom stereocenters.